The maximum atomic E-state index is 13.0. The third-order valence-corrected chi connectivity index (χ3v) is 6.70. The molecule has 0 spiro atoms. The molecule has 3 aromatic rings. The lowest BCUT2D eigenvalue weighted by Gasteiger charge is -2.26. The van der Waals surface area contributed by atoms with Gasteiger partial charge in [0.15, 0.2) is 10.9 Å². The summed E-state index contributed by atoms with van der Waals surface area (Å²) in [6.45, 7) is 1.62. The van der Waals surface area contributed by atoms with Crippen LogP contribution in [0, 0.1) is 11.3 Å². The number of nitrogens with zero attached hydrogens (tertiary/aromatic N) is 3. The molecule has 0 radical (unpaired) electrons. The van der Waals surface area contributed by atoms with Crippen LogP contribution in [0.5, 0.6) is 0 Å². The first-order chi connectivity index (χ1) is 14.0. The second kappa shape index (κ2) is 6.57. The number of hydrogen-bond donors (Lipinski definition) is 2. The van der Waals surface area contributed by atoms with Crippen LogP contribution >= 0.6 is 11.3 Å². The van der Waals surface area contributed by atoms with Gasteiger partial charge in [0.2, 0.25) is 0 Å². The molecule has 5 rings (SSSR count). The van der Waals surface area contributed by atoms with Crippen LogP contribution in [-0.2, 0) is 0 Å². The SMILES string of the molecule is Nc1nc(C(=O)N2C[C@H]3CN(C(=O)c4cc5ccccc5o4)C[C@@]3(CO)C2)cs1. The van der Waals surface area contributed by atoms with E-state index in [1.54, 1.807) is 21.2 Å². The second-order valence-corrected chi connectivity index (χ2v) is 8.70. The first kappa shape index (κ1) is 18.1. The van der Waals surface area contributed by atoms with E-state index < -0.39 is 5.41 Å². The van der Waals surface area contributed by atoms with Gasteiger partial charge in [-0.25, -0.2) is 4.98 Å². The largest absolute Gasteiger partial charge is 0.451 e. The first-order valence-electron chi connectivity index (χ1n) is 9.38. The molecule has 8 nitrogen and oxygen atoms in total. The highest BCUT2D eigenvalue weighted by molar-refractivity contribution is 7.13. The summed E-state index contributed by atoms with van der Waals surface area (Å²) in [5.74, 6) is -0.0742. The van der Waals surface area contributed by atoms with E-state index in [-0.39, 0.29) is 24.3 Å². The average molecular weight is 412 g/mol. The van der Waals surface area contributed by atoms with Crippen molar-refractivity contribution >= 4 is 39.3 Å². The van der Waals surface area contributed by atoms with E-state index in [0.29, 0.717) is 48.3 Å². The van der Waals surface area contributed by atoms with Crippen LogP contribution in [0.2, 0.25) is 0 Å². The third-order valence-electron chi connectivity index (χ3n) is 6.03. The molecule has 0 aliphatic carbocycles. The maximum Gasteiger partial charge on any atom is 0.289 e. The molecule has 2 amide bonds. The number of carbonyl (C=O) groups excluding carboxylic acids is 2. The second-order valence-electron chi connectivity index (χ2n) is 7.81. The molecule has 29 heavy (non-hydrogen) atoms. The van der Waals surface area contributed by atoms with Crippen LogP contribution in [0.3, 0.4) is 0 Å². The van der Waals surface area contributed by atoms with E-state index >= 15 is 0 Å². The van der Waals surface area contributed by atoms with E-state index in [0.717, 1.165) is 5.39 Å². The number of likely N-dealkylation sites (tertiary alicyclic amines) is 2. The highest BCUT2D eigenvalue weighted by Crippen LogP contribution is 2.43. The molecule has 4 heterocycles. The molecule has 1 aromatic carbocycles. The Bertz CT molecular complexity index is 1080. The van der Waals surface area contributed by atoms with Crippen LogP contribution in [0.15, 0.2) is 40.1 Å². The van der Waals surface area contributed by atoms with Crippen molar-refractivity contribution in [2.24, 2.45) is 11.3 Å². The molecule has 2 aromatic heterocycles. The fourth-order valence-electron chi connectivity index (χ4n) is 4.50. The number of benzene rings is 1. The van der Waals surface area contributed by atoms with Crippen molar-refractivity contribution in [2.45, 2.75) is 0 Å². The number of hydrogen-bond acceptors (Lipinski definition) is 7. The Hall–Kier alpha value is -2.91. The van der Waals surface area contributed by atoms with E-state index in [1.165, 1.54) is 11.3 Å². The average Bonchev–Trinajstić information content (AvgIpc) is 3.47. The fourth-order valence-corrected chi connectivity index (χ4v) is 5.04. The fraction of sp³-hybridized carbons (Fsp3) is 0.350. The Morgan fingerprint density at radius 2 is 1.97 bits per heavy atom. The first-order valence-corrected chi connectivity index (χ1v) is 10.3. The van der Waals surface area contributed by atoms with Crippen molar-refractivity contribution in [2.75, 3.05) is 38.5 Å². The van der Waals surface area contributed by atoms with Crippen molar-refractivity contribution in [1.82, 2.24) is 14.8 Å². The van der Waals surface area contributed by atoms with Crippen molar-refractivity contribution in [3.05, 3.63) is 47.2 Å². The molecule has 3 N–H and O–H groups in total. The summed E-state index contributed by atoms with van der Waals surface area (Å²) in [5, 5.41) is 13.0. The minimum Gasteiger partial charge on any atom is -0.451 e. The molecule has 150 valence electrons. The molecular weight excluding hydrogens is 392 g/mol. The molecule has 2 atom stereocenters. The quantitative estimate of drug-likeness (QED) is 0.677. The number of anilines is 1. The Morgan fingerprint density at radius 3 is 2.59 bits per heavy atom. The smallest absolute Gasteiger partial charge is 0.289 e. The lowest BCUT2D eigenvalue weighted by atomic mass is 9.82. The summed E-state index contributed by atoms with van der Waals surface area (Å²) in [5.41, 5.74) is 6.11. The molecule has 0 unspecified atom stereocenters. The van der Waals surface area contributed by atoms with Gasteiger partial charge >= 0.3 is 0 Å². The summed E-state index contributed by atoms with van der Waals surface area (Å²) < 4.78 is 5.71. The van der Waals surface area contributed by atoms with Gasteiger partial charge in [-0.3, -0.25) is 9.59 Å². The van der Waals surface area contributed by atoms with Gasteiger partial charge in [0.05, 0.1) is 6.61 Å². The predicted octanol–water partition coefficient (Wildman–Crippen LogP) is 1.68. The Kier molecular flexibility index (Phi) is 4.11. The number of aromatic nitrogens is 1. The maximum absolute atomic E-state index is 13.0. The molecule has 0 saturated carbocycles. The number of thiazole rings is 1. The predicted molar refractivity (Wildman–Crippen MR) is 108 cm³/mol. The molecule has 2 fully saturated rings. The number of carbonyl (C=O) groups is 2. The number of aliphatic hydroxyl groups excluding tert-OH is 1. The summed E-state index contributed by atoms with van der Waals surface area (Å²) >= 11 is 1.23. The summed E-state index contributed by atoms with van der Waals surface area (Å²) in [7, 11) is 0. The van der Waals surface area contributed by atoms with Crippen LogP contribution in [0.1, 0.15) is 21.0 Å². The Balaban J connectivity index is 1.34. The number of furan rings is 1. The highest BCUT2D eigenvalue weighted by atomic mass is 32.1. The number of aliphatic hydroxyl groups is 1. The zero-order valence-electron chi connectivity index (χ0n) is 15.6. The number of nitrogens with two attached hydrogens (primary N) is 1. The van der Waals surface area contributed by atoms with Gasteiger partial charge in [0.1, 0.15) is 11.3 Å². The minimum absolute atomic E-state index is 0.000705. The summed E-state index contributed by atoms with van der Waals surface area (Å²) in [6.07, 6.45) is 0. The lowest BCUT2D eigenvalue weighted by molar-refractivity contribution is 0.0649. The van der Waals surface area contributed by atoms with Crippen LogP contribution < -0.4 is 5.73 Å². The number of fused-ring (bicyclic) bond motifs is 2. The molecule has 2 saturated heterocycles. The van der Waals surface area contributed by atoms with Crippen LogP contribution in [0.25, 0.3) is 11.0 Å². The highest BCUT2D eigenvalue weighted by Gasteiger charge is 2.54. The molecule has 2 aliphatic rings. The monoisotopic (exact) mass is 412 g/mol. The van der Waals surface area contributed by atoms with Crippen molar-refractivity contribution in [3.8, 4) is 0 Å². The molecule has 9 heteroatoms. The summed E-state index contributed by atoms with van der Waals surface area (Å²) in [4.78, 5) is 33.2. The minimum atomic E-state index is -0.529. The number of amides is 2. The van der Waals surface area contributed by atoms with E-state index in [4.69, 9.17) is 10.2 Å². The zero-order valence-corrected chi connectivity index (χ0v) is 16.4. The normalized spacial score (nSPS) is 23.7. The van der Waals surface area contributed by atoms with Crippen LogP contribution in [0.4, 0.5) is 5.13 Å². The van der Waals surface area contributed by atoms with Gasteiger partial charge in [-0.05, 0) is 12.1 Å². The molecular formula is C20H20N4O4S. The topological polar surface area (TPSA) is 113 Å². The number of nitrogen functional groups attached to an aromatic ring is 1. The standard InChI is InChI=1S/C20H20N4O4S/c21-19-22-14(8-29-19)17(26)23-6-13-7-24(10-20(13,9-23)11-25)18(27)16-5-12-3-1-2-4-15(12)28-16/h1-5,8,13,25H,6-7,9-11H2,(H2,21,22)/t13-,20+/m0/s1. The summed E-state index contributed by atoms with van der Waals surface area (Å²) in [6, 6.07) is 9.24. The van der Waals surface area contributed by atoms with E-state index in [9.17, 15) is 14.7 Å². The van der Waals surface area contributed by atoms with Gasteiger partial charge < -0.3 is 25.1 Å². The van der Waals surface area contributed by atoms with Gasteiger partial charge in [-0.2, -0.15) is 0 Å². The van der Waals surface area contributed by atoms with Crippen molar-refractivity contribution in [1.29, 1.82) is 0 Å². The van der Waals surface area contributed by atoms with Crippen LogP contribution in [-0.4, -0.2) is 64.5 Å². The molecule has 2 aliphatic heterocycles. The lowest BCUT2D eigenvalue weighted by Crippen LogP contribution is -2.40. The van der Waals surface area contributed by atoms with E-state index in [2.05, 4.69) is 4.98 Å². The Labute approximate surface area is 170 Å². The third kappa shape index (κ3) is 2.89. The zero-order chi connectivity index (χ0) is 20.2. The number of rotatable bonds is 3. The molecule has 0 bridgehead atoms. The number of para-hydroxylation sites is 1. The Morgan fingerprint density at radius 1 is 1.24 bits per heavy atom. The van der Waals surface area contributed by atoms with Gasteiger partial charge in [0, 0.05) is 48.3 Å². The van der Waals surface area contributed by atoms with Crippen molar-refractivity contribution in [3.63, 3.8) is 0 Å². The van der Waals surface area contributed by atoms with Gasteiger partial charge in [-0.15, -0.1) is 11.3 Å². The van der Waals surface area contributed by atoms with Crippen molar-refractivity contribution < 1.29 is 19.1 Å². The van der Waals surface area contributed by atoms with E-state index in [1.807, 2.05) is 24.3 Å². The van der Waals surface area contributed by atoms with Gasteiger partial charge in [0.25, 0.3) is 11.8 Å². The van der Waals surface area contributed by atoms with Gasteiger partial charge in [-0.1, -0.05) is 18.2 Å².